The van der Waals surface area contributed by atoms with Gasteiger partial charge in [0, 0.05) is 5.56 Å². The summed E-state index contributed by atoms with van der Waals surface area (Å²) in [5, 5.41) is 3.24. The monoisotopic (exact) mass is 251 g/mol. The van der Waals surface area contributed by atoms with Crippen LogP contribution in [0.2, 0.25) is 0 Å². The Hall–Kier alpha value is -1.42. The summed E-state index contributed by atoms with van der Waals surface area (Å²) in [6.07, 6.45) is 2.90. The Labute approximate surface area is 106 Å². The fraction of sp³-hybridized carbons (Fsp3) is 0.500. The molecule has 98 valence electrons. The standard InChI is InChI=1S/C14H18FNO2/c1-14(7-3-4-8-16-14)13(17)10-5-6-12(18-2)11(15)9-10/h5-6,9,16H,3-4,7-8H2,1-2H3. The summed E-state index contributed by atoms with van der Waals surface area (Å²) in [5.41, 5.74) is -0.176. The van der Waals surface area contributed by atoms with Crippen LogP contribution in [0.4, 0.5) is 4.39 Å². The number of rotatable bonds is 3. The average Bonchev–Trinajstić information content (AvgIpc) is 2.38. The molecule has 1 unspecified atom stereocenters. The zero-order valence-electron chi connectivity index (χ0n) is 10.8. The summed E-state index contributed by atoms with van der Waals surface area (Å²) >= 11 is 0. The third-order valence-corrected chi connectivity index (χ3v) is 3.53. The minimum absolute atomic E-state index is 0.0521. The van der Waals surface area contributed by atoms with E-state index in [2.05, 4.69) is 5.32 Å². The molecule has 1 saturated heterocycles. The summed E-state index contributed by atoms with van der Waals surface area (Å²) in [4.78, 5) is 12.4. The van der Waals surface area contributed by atoms with E-state index in [-0.39, 0.29) is 11.5 Å². The van der Waals surface area contributed by atoms with E-state index >= 15 is 0 Å². The van der Waals surface area contributed by atoms with E-state index in [1.807, 2.05) is 6.92 Å². The summed E-state index contributed by atoms with van der Waals surface area (Å²) in [6.45, 7) is 2.72. The Morgan fingerprint density at radius 3 is 2.78 bits per heavy atom. The van der Waals surface area contributed by atoms with Gasteiger partial charge in [-0.25, -0.2) is 4.39 Å². The van der Waals surface area contributed by atoms with Gasteiger partial charge in [0.1, 0.15) is 0 Å². The van der Waals surface area contributed by atoms with Gasteiger partial charge in [0.05, 0.1) is 12.6 Å². The molecule has 0 saturated carbocycles. The molecule has 0 spiro atoms. The fourth-order valence-electron chi connectivity index (χ4n) is 2.38. The molecule has 0 aromatic heterocycles. The average molecular weight is 251 g/mol. The number of benzene rings is 1. The van der Waals surface area contributed by atoms with E-state index in [0.29, 0.717) is 5.56 Å². The first kappa shape index (κ1) is 13.0. The summed E-state index contributed by atoms with van der Waals surface area (Å²) in [6, 6.07) is 4.36. The van der Waals surface area contributed by atoms with Crippen molar-refractivity contribution >= 4 is 5.78 Å². The molecule has 1 aliphatic rings. The van der Waals surface area contributed by atoms with Gasteiger partial charge < -0.3 is 10.1 Å². The molecular formula is C14H18FNO2. The van der Waals surface area contributed by atoms with Crippen molar-refractivity contribution in [3.8, 4) is 5.75 Å². The molecule has 1 atom stereocenters. The van der Waals surface area contributed by atoms with Crippen molar-refractivity contribution in [1.82, 2.24) is 5.32 Å². The maximum absolute atomic E-state index is 13.6. The van der Waals surface area contributed by atoms with E-state index in [9.17, 15) is 9.18 Å². The van der Waals surface area contributed by atoms with Crippen LogP contribution in [0.15, 0.2) is 18.2 Å². The first-order valence-electron chi connectivity index (χ1n) is 6.20. The molecule has 1 N–H and O–H groups in total. The molecule has 0 bridgehead atoms. The number of ether oxygens (including phenoxy) is 1. The van der Waals surface area contributed by atoms with Crippen LogP contribution in [0.5, 0.6) is 5.75 Å². The molecule has 1 aliphatic heterocycles. The van der Waals surface area contributed by atoms with Gasteiger partial charge in [0.25, 0.3) is 0 Å². The van der Waals surface area contributed by atoms with Crippen molar-refractivity contribution in [3.63, 3.8) is 0 Å². The number of halogens is 1. The lowest BCUT2D eigenvalue weighted by Crippen LogP contribution is -2.52. The quantitative estimate of drug-likeness (QED) is 0.839. The Morgan fingerprint density at radius 2 is 2.22 bits per heavy atom. The minimum Gasteiger partial charge on any atom is -0.494 e. The van der Waals surface area contributed by atoms with E-state index in [4.69, 9.17) is 4.74 Å². The van der Waals surface area contributed by atoms with Gasteiger partial charge in [-0.05, 0) is 50.9 Å². The number of carbonyl (C=O) groups is 1. The van der Waals surface area contributed by atoms with Gasteiger partial charge in [0.2, 0.25) is 0 Å². The maximum Gasteiger partial charge on any atom is 0.182 e. The number of nitrogens with one attached hydrogen (secondary N) is 1. The van der Waals surface area contributed by atoms with E-state index in [1.54, 1.807) is 6.07 Å². The molecule has 0 aliphatic carbocycles. The van der Waals surface area contributed by atoms with Gasteiger partial charge in [-0.15, -0.1) is 0 Å². The number of piperidine rings is 1. The summed E-state index contributed by atoms with van der Waals surface area (Å²) in [7, 11) is 1.41. The lowest BCUT2D eigenvalue weighted by molar-refractivity contribution is 0.0834. The fourth-order valence-corrected chi connectivity index (χ4v) is 2.38. The highest BCUT2D eigenvalue weighted by atomic mass is 19.1. The summed E-state index contributed by atoms with van der Waals surface area (Å²) < 4.78 is 18.5. The third kappa shape index (κ3) is 2.38. The van der Waals surface area contributed by atoms with Gasteiger partial charge in [-0.2, -0.15) is 0 Å². The Morgan fingerprint density at radius 1 is 1.44 bits per heavy atom. The summed E-state index contributed by atoms with van der Waals surface area (Å²) in [5.74, 6) is -0.389. The van der Waals surface area contributed by atoms with Crippen molar-refractivity contribution in [2.45, 2.75) is 31.7 Å². The molecule has 1 aromatic rings. The molecule has 0 radical (unpaired) electrons. The van der Waals surface area contributed by atoms with Crippen LogP contribution < -0.4 is 10.1 Å². The molecule has 1 heterocycles. The van der Waals surface area contributed by atoms with Crippen molar-refractivity contribution < 1.29 is 13.9 Å². The number of ketones is 1. The molecule has 1 fully saturated rings. The maximum atomic E-state index is 13.6. The van der Waals surface area contributed by atoms with Crippen LogP contribution in [0, 0.1) is 5.82 Å². The lowest BCUT2D eigenvalue weighted by atomic mass is 9.84. The van der Waals surface area contributed by atoms with E-state index in [1.165, 1.54) is 19.2 Å². The highest BCUT2D eigenvalue weighted by molar-refractivity contribution is 6.03. The Bertz CT molecular complexity index is 453. The molecule has 1 aromatic carbocycles. The van der Waals surface area contributed by atoms with Gasteiger partial charge in [-0.3, -0.25) is 4.79 Å². The van der Waals surface area contributed by atoms with Crippen molar-refractivity contribution in [3.05, 3.63) is 29.6 Å². The highest BCUT2D eigenvalue weighted by Gasteiger charge is 2.35. The van der Waals surface area contributed by atoms with Crippen molar-refractivity contribution in [1.29, 1.82) is 0 Å². The van der Waals surface area contributed by atoms with Crippen LogP contribution in [0.3, 0.4) is 0 Å². The zero-order chi connectivity index (χ0) is 13.2. The lowest BCUT2D eigenvalue weighted by Gasteiger charge is -2.33. The topological polar surface area (TPSA) is 38.3 Å². The number of hydrogen-bond acceptors (Lipinski definition) is 3. The second-order valence-electron chi connectivity index (χ2n) is 4.89. The van der Waals surface area contributed by atoms with Crippen molar-refractivity contribution in [2.24, 2.45) is 0 Å². The number of carbonyl (C=O) groups excluding carboxylic acids is 1. The first-order valence-corrected chi connectivity index (χ1v) is 6.20. The molecule has 0 amide bonds. The SMILES string of the molecule is COc1ccc(C(=O)C2(C)CCCCN2)cc1F. The van der Waals surface area contributed by atoms with Crippen LogP contribution >= 0.6 is 0 Å². The molecule has 2 rings (SSSR count). The van der Waals surface area contributed by atoms with Crippen LogP contribution in [-0.4, -0.2) is 25.0 Å². The predicted molar refractivity (Wildman–Crippen MR) is 67.5 cm³/mol. The zero-order valence-corrected chi connectivity index (χ0v) is 10.8. The van der Waals surface area contributed by atoms with Crippen LogP contribution in [-0.2, 0) is 0 Å². The number of hydrogen-bond donors (Lipinski definition) is 1. The van der Waals surface area contributed by atoms with Crippen molar-refractivity contribution in [2.75, 3.05) is 13.7 Å². The predicted octanol–water partition coefficient (Wildman–Crippen LogP) is 2.55. The Balaban J connectivity index is 2.25. The normalized spacial score (nSPS) is 23.7. The van der Waals surface area contributed by atoms with E-state index < -0.39 is 11.4 Å². The molecular weight excluding hydrogens is 233 g/mol. The largest absolute Gasteiger partial charge is 0.494 e. The van der Waals surface area contributed by atoms with Gasteiger partial charge in [-0.1, -0.05) is 0 Å². The minimum atomic E-state index is -0.570. The smallest absolute Gasteiger partial charge is 0.182 e. The molecule has 18 heavy (non-hydrogen) atoms. The third-order valence-electron chi connectivity index (χ3n) is 3.53. The van der Waals surface area contributed by atoms with Gasteiger partial charge in [0.15, 0.2) is 17.3 Å². The first-order chi connectivity index (χ1) is 8.57. The van der Waals surface area contributed by atoms with E-state index in [0.717, 1.165) is 25.8 Å². The molecule has 4 heteroatoms. The highest BCUT2D eigenvalue weighted by Crippen LogP contribution is 2.25. The number of Topliss-reactive ketones (excluding diaryl/α,β-unsaturated/α-hetero) is 1. The van der Waals surface area contributed by atoms with Crippen LogP contribution in [0.25, 0.3) is 0 Å². The van der Waals surface area contributed by atoms with Crippen LogP contribution in [0.1, 0.15) is 36.5 Å². The Kier molecular flexibility index (Phi) is 3.66. The second kappa shape index (κ2) is 5.06. The second-order valence-corrected chi connectivity index (χ2v) is 4.89. The number of methoxy groups -OCH3 is 1. The van der Waals surface area contributed by atoms with Gasteiger partial charge >= 0.3 is 0 Å². The molecule has 3 nitrogen and oxygen atoms in total.